The molecule has 6 heteroatoms. The van der Waals surface area contributed by atoms with Crippen molar-refractivity contribution in [2.24, 2.45) is 0 Å². The smallest absolute Gasteiger partial charge is 0.257 e. The number of carbonyl (C=O) groups is 2. The molecule has 2 saturated heterocycles. The van der Waals surface area contributed by atoms with Crippen LogP contribution in [-0.4, -0.2) is 51.9 Å². The van der Waals surface area contributed by atoms with Crippen molar-refractivity contribution < 1.29 is 14.0 Å². The Balaban J connectivity index is 1.49. The highest BCUT2D eigenvalue weighted by Crippen LogP contribution is 2.44. The van der Waals surface area contributed by atoms with Crippen LogP contribution in [0, 0.1) is 5.82 Å². The maximum atomic E-state index is 14.1. The van der Waals surface area contributed by atoms with Crippen LogP contribution in [-0.2, 0) is 0 Å². The molecule has 2 aromatic carbocycles. The maximum Gasteiger partial charge on any atom is 0.257 e. The molecule has 0 aromatic heterocycles. The average molecular weight is 384 g/mol. The Kier molecular flexibility index (Phi) is 4.91. The third kappa shape index (κ3) is 3.34. The minimum Gasteiger partial charge on any atom is -0.338 e. The quantitative estimate of drug-likeness (QED) is 0.794. The van der Waals surface area contributed by atoms with Gasteiger partial charge in [0, 0.05) is 31.0 Å². The third-order valence-corrected chi connectivity index (χ3v) is 6.93. The van der Waals surface area contributed by atoms with E-state index in [-0.39, 0.29) is 22.2 Å². The molecule has 2 aliphatic rings. The molecule has 0 N–H and O–H groups in total. The molecule has 4 nitrogen and oxygen atoms in total. The van der Waals surface area contributed by atoms with E-state index < -0.39 is 5.82 Å². The zero-order valence-electron chi connectivity index (χ0n) is 14.9. The first-order valence-electron chi connectivity index (χ1n) is 9.15. The molecule has 4 rings (SSSR count). The molecule has 0 atom stereocenters. The van der Waals surface area contributed by atoms with Crippen LogP contribution in [0.25, 0.3) is 0 Å². The van der Waals surface area contributed by atoms with E-state index in [1.54, 1.807) is 30.0 Å². The van der Waals surface area contributed by atoms with E-state index in [2.05, 4.69) is 0 Å². The van der Waals surface area contributed by atoms with Gasteiger partial charge >= 0.3 is 0 Å². The van der Waals surface area contributed by atoms with Crippen molar-refractivity contribution in [1.29, 1.82) is 0 Å². The molecular formula is C21H21FN2O2S. The second-order valence-electron chi connectivity index (χ2n) is 6.89. The number of hydrogen-bond acceptors (Lipinski definition) is 3. The molecule has 1 spiro atoms. The lowest BCUT2D eigenvalue weighted by Crippen LogP contribution is -2.53. The van der Waals surface area contributed by atoms with Gasteiger partial charge in [-0.3, -0.25) is 9.59 Å². The SMILES string of the molecule is O=C(c1ccccc1)N1CCC2(CC1)SCCN2C(=O)c1ccccc1F. The molecule has 2 amide bonds. The van der Waals surface area contributed by atoms with Gasteiger partial charge in [-0.1, -0.05) is 30.3 Å². The van der Waals surface area contributed by atoms with Crippen molar-refractivity contribution in [3.63, 3.8) is 0 Å². The Morgan fingerprint density at radius 1 is 0.889 bits per heavy atom. The first-order valence-corrected chi connectivity index (χ1v) is 10.1. The van der Waals surface area contributed by atoms with Crippen LogP contribution in [0.4, 0.5) is 4.39 Å². The summed E-state index contributed by atoms with van der Waals surface area (Å²) in [5.74, 6) is 0.139. The van der Waals surface area contributed by atoms with Gasteiger partial charge in [0.05, 0.1) is 10.4 Å². The van der Waals surface area contributed by atoms with Crippen LogP contribution in [0.15, 0.2) is 54.6 Å². The predicted molar refractivity (Wildman–Crippen MR) is 104 cm³/mol. The Morgan fingerprint density at radius 2 is 1.56 bits per heavy atom. The monoisotopic (exact) mass is 384 g/mol. The summed E-state index contributed by atoms with van der Waals surface area (Å²) in [5.41, 5.74) is 0.814. The summed E-state index contributed by atoms with van der Waals surface area (Å²) < 4.78 is 14.1. The highest BCUT2D eigenvalue weighted by atomic mass is 32.2. The average Bonchev–Trinajstić information content (AvgIpc) is 3.11. The molecule has 2 aliphatic heterocycles. The minimum atomic E-state index is -0.480. The molecule has 140 valence electrons. The molecule has 0 bridgehead atoms. The fourth-order valence-corrected chi connectivity index (χ4v) is 5.37. The van der Waals surface area contributed by atoms with Gasteiger partial charge in [-0.25, -0.2) is 4.39 Å². The van der Waals surface area contributed by atoms with Gasteiger partial charge in [0.2, 0.25) is 0 Å². The van der Waals surface area contributed by atoms with E-state index >= 15 is 0 Å². The van der Waals surface area contributed by atoms with Gasteiger partial charge < -0.3 is 9.80 Å². The molecule has 0 aliphatic carbocycles. The Morgan fingerprint density at radius 3 is 2.26 bits per heavy atom. The molecule has 2 fully saturated rings. The van der Waals surface area contributed by atoms with Crippen LogP contribution < -0.4 is 0 Å². The second-order valence-corrected chi connectivity index (χ2v) is 8.35. The zero-order chi connectivity index (χ0) is 18.9. The first-order chi connectivity index (χ1) is 13.1. The lowest BCUT2D eigenvalue weighted by atomic mass is 10.00. The van der Waals surface area contributed by atoms with Gasteiger partial charge in [0.25, 0.3) is 11.8 Å². The number of carbonyl (C=O) groups excluding carboxylic acids is 2. The van der Waals surface area contributed by atoms with Crippen LogP contribution in [0.1, 0.15) is 33.6 Å². The summed E-state index contributed by atoms with van der Waals surface area (Å²) in [5, 5.41) is 0. The third-order valence-electron chi connectivity index (χ3n) is 5.38. The van der Waals surface area contributed by atoms with Crippen LogP contribution in [0.2, 0.25) is 0 Å². The summed E-state index contributed by atoms with van der Waals surface area (Å²) in [6.45, 7) is 1.81. The van der Waals surface area contributed by atoms with E-state index in [0.717, 1.165) is 5.75 Å². The van der Waals surface area contributed by atoms with Crippen LogP contribution in [0.5, 0.6) is 0 Å². The molecule has 0 unspecified atom stereocenters. The van der Waals surface area contributed by atoms with E-state index in [0.29, 0.717) is 38.0 Å². The fraction of sp³-hybridized carbons (Fsp3) is 0.333. The summed E-state index contributed by atoms with van der Waals surface area (Å²) in [6, 6.07) is 15.4. The summed E-state index contributed by atoms with van der Waals surface area (Å²) in [4.78, 5) is 29.0. The highest BCUT2D eigenvalue weighted by Gasteiger charge is 2.47. The van der Waals surface area contributed by atoms with E-state index in [1.807, 2.05) is 40.1 Å². The number of piperidine rings is 1. The van der Waals surface area contributed by atoms with E-state index in [9.17, 15) is 14.0 Å². The normalized spacial score (nSPS) is 18.7. The number of hydrogen-bond donors (Lipinski definition) is 0. The summed E-state index contributed by atoms with van der Waals surface area (Å²) in [7, 11) is 0. The topological polar surface area (TPSA) is 40.6 Å². The van der Waals surface area contributed by atoms with Crippen molar-refractivity contribution in [3.8, 4) is 0 Å². The van der Waals surface area contributed by atoms with Gasteiger partial charge in [-0.2, -0.15) is 0 Å². The molecule has 2 heterocycles. The van der Waals surface area contributed by atoms with Crippen LogP contribution >= 0.6 is 11.8 Å². The molecular weight excluding hydrogens is 363 g/mol. The Hall–Kier alpha value is -2.34. The van der Waals surface area contributed by atoms with Crippen LogP contribution in [0.3, 0.4) is 0 Å². The van der Waals surface area contributed by atoms with E-state index in [1.165, 1.54) is 6.07 Å². The minimum absolute atomic E-state index is 0.0282. The molecule has 0 saturated carbocycles. The fourth-order valence-electron chi connectivity index (χ4n) is 3.91. The summed E-state index contributed by atoms with van der Waals surface area (Å²) in [6.07, 6.45) is 1.41. The summed E-state index contributed by atoms with van der Waals surface area (Å²) >= 11 is 1.76. The number of halogens is 1. The Bertz CT molecular complexity index is 850. The van der Waals surface area contributed by atoms with Crippen molar-refractivity contribution in [2.75, 3.05) is 25.4 Å². The zero-order valence-corrected chi connectivity index (χ0v) is 15.8. The predicted octanol–water partition coefficient (Wildman–Crippen LogP) is 3.65. The molecule has 2 aromatic rings. The van der Waals surface area contributed by atoms with Gasteiger partial charge in [0.1, 0.15) is 5.82 Å². The van der Waals surface area contributed by atoms with Gasteiger partial charge in [0.15, 0.2) is 0 Å². The highest BCUT2D eigenvalue weighted by molar-refractivity contribution is 8.00. The number of nitrogens with zero attached hydrogens (tertiary/aromatic N) is 2. The first kappa shape index (κ1) is 18.0. The number of benzene rings is 2. The lowest BCUT2D eigenvalue weighted by molar-refractivity contribution is 0.0495. The molecule has 27 heavy (non-hydrogen) atoms. The molecule has 0 radical (unpaired) electrons. The largest absolute Gasteiger partial charge is 0.338 e. The van der Waals surface area contributed by atoms with E-state index in [4.69, 9.17) is 0 Å². The standard InChI is InChI=1S/C21H21FN2O2S/c22-18-9-5-4-8-17(18)20(26)24-14-15-27-21(24)10-12-23(13-11-21)19(25)16-6-2-1-3-7-16/h1-9H,10-15H2. The Labute approximate surface area is 162 Å². The number of thioether (sulfide) groups is 1. The van der Waals surface area contributed by atoms with Crippen molar-refractivity contribution in [3.05, 3.63) is 71.5 Å². The van der Waals surface area contributed by atoms with Crippen molar-refractivity contribution in [1.82, 2.24) is 9.80 Å². The van der Waals surface area contributed by atoms with Gasteiger partial charge in [-0.15, -0.1) is 11.8 Å². The number of likely N-dealkylation sites (tertiary alicyclic amines) is 1. The number of amides is 2. The van der Waals surface area contributed by atoms with Gasteiger partial charge in [-0.05, 0) is 37.1 Å². The lowest BCUT2D eigenvalue weighted by Gasteiger charge is -2.44. The maximum absolute atomic E-state index is 14.1. The number of rotatable bonds is 2. The second kappa shape index (κ2) is 7.35. The van der Waals surface area contributed by atoms with Crippen molar-refractivity contribution >= 4 is 23.6 Å². The van der Waals surface area contributed by atoms with Crippen molar-refractivity contribution in [2.45, 2.75) is 17.7 Å².